The van der Waals surface area contributed by atoms with E-state index < -0.39 is 11.7 Å². The minimum absolute atomic E-state index is 0.0729. The maximum atomic E-state index is 13.9. The first-order valence-electron chi connectivity index (χ1n) is 11.4. The third kappa shape index (κ3) is 3.99. The van der Waals surface area contributed by atoms with Crippen molar-refractivity contribution in [1.29, 1.82) is 0 Å². The van der Waals surface area contributed by atoms with Gasteiger partial charge in [0, 0.05) is 36.2 Å². The first-order chi connectivity index (χ1) is 16.4. The normalized spacial score (nSPS) is 23.8. The van der Waals surface area contributed by atoms with E-state index in [-0.39, 0.29) is 24.0 Å². The number of amides is 1. The van der Waals surface area contributed by atoms with Crippen LogP contribution in [0.5, 0.6) is 0 Å². The Balaban J connectivity index is 1.41. The molecule has 1 N–H and O–H groups in total. The molecule has 0 radical (unpaired) electrons. The number of likely N-dealkylation sites (tertiary alicyclic amines) is 1. The fourth-order valence-corrected chi connectivity index (χ4v) is 5.41. The third-order valence-electron chi connectivity index (χ3n) is 6.87. The van der Waals surface area contributed by atoms with Crippen LogP contribution in [0.3, 0.4) is 0 Å². The zero-order valence-electron chi connectivity index (χ0n) is 18.5. The number of carbonyl (C=O) groups is 1. The molecule has 1 aliphatic heterocycles. The van der Waals surface area contributed by atoms with Crippen molar-refractivity contribution in [2.45, 2.75) is 50.5 Å². The molecule has 1 aliphatic carbocycles. The summed E-state index contributed by atoms with van der Waals surface area (Å²) < 4.78 is 38.6. The highest BCUT2D eigenvalue weighted by Crippen LogP contribution is 2.46. The number of rotatable bonds is 5. The number of benzene rings is 1. The maximum absolute atomic E-state index is 13.9. The van der Waals surface area contributed by atoms with Crippen LogP contribution in [0, 0.1) is 5.92 Å². The molecule has 4 atom stereocenters. The summed E-state index contributed by atoms with van der Waals surface area (Å²) in [5.74, 6) is 1.12. The minimum Gasteiger partial charge on any atom is -0.365 e. The molecule has 0 spiro atoms. The lowest BCUT2D eigenvalue weighted by Crippen LogP contribution is -2.52. The van der Waals surface area contributed by atoms with Gasteiger partial charge in [0.05, 0.1) is 17.2 Å². The molecule has 176 valence electrons. The molecule has 3 heterocycles. The fourth-order valence-electron chi connectivity index (χ4n) is 5.41. The van der Waals surface area contributed by atoms with Crippen LogP contribution >= 0.6 is 0 Å². The monoisotopic (exact) mass is 467 g/mol. The van der Waals surface area contributed by atoms with Crippen molar-refractivity contribution >= 4 is 11.7 Å². The number of halogens is 3. The summed E-state index contributed by atoms with van der Waals surface area (Å²) in [5, 5.41) is 3.28. The molecule has 6 nitrogen and oxygen atoms in total. The molecule has 3 aromatic rings. The number of alkyl halides is 3. The third-order valence-corrected chi connectivity index (χ3v) is 6.87. The Hall–Kier alpha value is -3.49. The van der Waals surface area contributed by atoms with Crippen molar-refractivity contribution in [3.63, 3.8) is 0 Å². The van der Waals surface area contributed by atoms with E-state index in [0.717, 1.165) is 31.5 Å². The van der Waals surface area contributed by atoms with Gasteiger partial charge in [-0.05, 0) is 49.4 Å². The highest BCUT2D eigenvalue weighted by atomic mass is 19.4. The second-order valence-electron chi connectivity index (χ2n) is 8.79. The Kier molecular flexibility index (Phi) is 5.71. The van der Waals surface area contributed by atoms with Crippen molar-refractivity contribution in [2.75, 3.05) is 5.32 Å². The number of nitrogens with one attached hydrogen (secondary N) is 1. The van der Waals surface area contributed by atoms with Crippen LogP contribution in [0.25, 0.3) is 11.4 Å². The van der Waals surface area contributed by atoms with E-state index in [0.29, 0.717) is 28.7 Å². The Morgan fingerprint density at radius 1 is 1.06 bits per heavy atom. The standard InChI is InChI=1S/C25H24F3N5O/c1-2-20-15-12-19(32-22-9-8-16(14-31-22)25(26,27)28)21(13-15)33(20)24(34)18-7-4-3-6-17(18)23-29-10-5-11-30-23/h3-11,14-15,19-21H,2,12-13H2,1H3,(H,31,32). The molecule has 34 heavy (non-hydrogen) atoms. The van der Waals surface area contributed by atoms with Gasteiger partial charge in [0.25, 0.3) is 5.91 Å². The average molecular weight is 467 g/mol. The van der Waals surface area contributed by atoms with Gasteiger partial charge in [-0.3, -0.25) is 4.79 Å². The van der Waals surface area contributed by atoms with Gasteiger partial charge < -0.3 is 10.2 Å². The van der Waals surface area contributed by atoms with Crippen LogP contribution in [-0.4, -0.2) is 43.9 Å². The number of aromatic nitrogens is 3. The topological polar surface area (TPSA) is 71.0 Å². The molecule has 2 bridgehead atoms. The Morgan fingerprint density at radius 3 is 2.50 bits per heavy atom. The number of fused-ring (bicyclic) bond motifs is 2. The van der Waals surface area contributed by atoms with E-state index >= 15 is 0 Å². The summed E-state index contributed by atoms with van der Waals surface area (Å²) >= 11 is 0. The number of nitrogens with zero attached hydrogens (tertiary/aromatic N) is 4. The fraction of sp³-hybridized carbons (Fsp3) is 0.360. The zero-order chi connectivity index (χ0) is 23.9. The van der Waals surface area contributed by atoms with Crippen LogP contribution in [0.15, 0.2) is 61.1 Å². The van der Waals surface area contributed by atoms with Crippen molar-refractivity contribution in [2.24, 2.45) is 5.92 Å². The van der Waals surface area contributed by atoms with Gasteiger partial charge in [-0.15, -0.1) is 0 Å². The first-order valence-corrected chi connectivity index (χ1v) is 11.4. The zero-order valence-corrected chi connectivity index (χ0v) is 18.5. The van der Waals surface area contributed by atoms with Gasteiger partial charge in [0.1, 0.15) is 5.82 Å². The minimum atomic E-state index is -4.43. The number of hydrogen-bond acceptors (Lipinski definition) is 5. The van der Waals surface area contributed by atoms with E-state index in [4.69, 9.17) is 0 Å². The lowest BCUT2D eigenvalue weighted by Gasteiger charge is -2.40. The van der Waals surface area contributed by atoms with Crippen LogP contribution in [0.2, 0.25) is 0 Å². The Labute approximate surface area is 195 Å². The van der Waals surface area contributed by atoms with Gasteiger partial charge >= 0.3 is 6.18 Å². The molecule has 9 heteroatoms. The van der Waals surface area contributed by atoms with Crippen molar-refractivity contribution in [3.05, 3.63) is 72.2 Å². The molecular formula is C25H24F3N5O. The van der Waals surface area contributed by atoms with Gasteiger partial charge in [-0.2, -0.15) is 13.2 Å². The molecule has 2 aliphatic rings. The molecule has 4 unspecified atom stereocenters. The summed E-state index contributed by atoms with van der Waals surface area (Å²) in [7, 11) is 0. The van der Waals surface area contributed by atoms with Crippen molar-refractivity contribution in [1.82, 2.24) is 19.9 Å². The largest absolute Gasteiger partial charge is 0.417 e. The van der Waals surface area contributed by atoms with E-state index in [2.05, 4.69) is 27.2 Å². The van der Waals surface area contributed by atoms with E-state index in [1.165, 1.54) is 6.07 Å². The number of pyridine rings is 1. The summed E-state index contributed by atoms with van der Waals surface area (Å²) in [6.45, 7) is 2.08. The lowest BCUT2D eigenvalue weighted by molar-refractivity contribution is -0.137. The summed E-state index contributed by atoms with van der Waals surface area (Å²) in [6.07, 6.45) is 2.24. The smallest absolute Gasteiger partial charge is 0.365 e. The molecule has 1 saturated carbocycles. The predicted octanol–water partition coefficient (Wildman–Crippen LogP) is 5.05. The van der Waals surface area contributed by atoms with E-state index in [1.54, 1.807) is 24.5 Å². The average Bonchev–Trinajstić information content (AvgIpc) is 3.42. The maximum Gasteiger partial charge on any atom is 0.417 e. The van der Waals surface area contributed by atoms with Crippen LogP contribution in [-0.2, 0) is 6.18 Å². The van der Waals surface area contributed by atoms with Gasteiger partial charge in [-0.1, -0.05) is 25.1 Å². The van der Waals surface area contributed by atoms with Crippen LogP contribution in [0.4, 0.5) is 19.0 Å². The second-order valence-corrected chi connectivity index (χ2v) is 8.79. The van der Waals surface area contributed by atoms with Crippen molar-refractivity contribution in [3.8, 4) is 11.4 Å². The Bertz CT molecular complexity index is 1170. The molecular weight excluding hydrogens is 443 g/mol. The lowest BCUT2D eigenvalue weighted by atomic mass is 9.93. The molecule has 2 aromatic heterocycles. The number of piperidine rings is 1. The number of carbonyl (C=O) groups excluding carboxylic acids is 1. The Morgan fingerprint density at radius 2 is 1.82 bits per heavy atom. The van der Waals surface area contributed by atoms with Gasteiger partial charge in [0.2, 0.25) is 0 Å². The molecule has 1 amide bonds. The number of anilines is 1. The molecule has 1 saturated heterocycles. The van der Waals surface area contributed by atoms with E-state index in [1.807, 2.05) is 23.1 Å². The summed E-state index contributed by atoms with van der Waals surface area (Å²) in [6, 6.07) is 11.4. The van der Waals surface area contributed by atoms with E-state index in [9.17, 15) is 18.0 Å². The quantitative estimate of drug-likeness (QED) is 0.569. The molecule has 2 fully saturated rings. The summed E-state index contributed by atoms with van der Waals surface area (Å²) in [5.41, 5.74) is 0.444. The SMILES string of the molecule is CCC1C2CC(Nc3ccc(C(F)(F)F)cn3)C(C2)N1C(=O)c1ccccc1-c1ncccn1. The first kappa shape index (κ1) is 22.3. The highest BCUT2D eigenvalue weighted by molar-refractivity contribution is 6.00. The summed E-state index contributed by atoms with van der Waals surface area (Å²) in [4.78, 5) is 28.4. The van der Waals surface area contributed by atoms with Crippen LogP contribution in [0.1, 0.15) is 42.1 Å². The number of hydrogen-bond donors (Lipinski definition) is 1. The second kappa shape index (κ2) is 8.70. The predicted molar refractivity (Wildman–Crippen MR) is 121 cm³/mol. The van der Waals surface area contributed by atoms with Gasteiger partial charge in [0.15, 0.2) is 5.82 Å². The van der Waals surface area contributed by atoms with Crippen LogP contribution < -0.4 is 5.32 Å². The molecule has 1 aromatic carbocycles. The van der Waals surface area contributed by atoms with Gasteiger partial charge in [-0.25, -0.2) is 15.0 Å². The van der Waals surface area contributed by atoms with Crippen molar-refractivity contribution < 1.29 is 18.0 Å². The molecule has 5 rings (SSSR count). The highest BCUT2D eigenvalue weighted by Gasteiger charge is 2.52.